The first-order valence-corrected chi connectivity index (χ1v) is 4.09. The van der Waals surface area contributed by atoms with Crippen molar-refractivity contribution >= 4 is 22.6 Å². The Labute approximate surface area is 64.6 Å². The lowest BCUT2D eigenvalue weighted by Gasteiger charge is -2.22. The molecular weight excluding hydrogens is 215 g/mol. The third-order valence-electron chi connectivity index (χ3n) is 1.12. The minimum Gasteiger partial charge on any atom is -0.389 e. The Bertz CT molecular complexity index is 65.4. The molecule has 0 rings (SSSR count). The van der Waals surface area contributed by atoms with Gasteiger partial charge in [-0.15, -0.1) is 0 Å². The number of aliphatic hydroxyl groups is 1. The van der Waals surface area contributed by atoms with Gasteiger partial charge in [0.2, 0.25) is 0 Å². The van der Waals surface area contributed by atoms with E-state index in [-0.39, 0.29) is 0 Å². The van der Waals surface area contributed by atoms with Gasteiger partial charge in [-0.05, 0) is 20.3 Å². The van der Waals surface area contributed by atoms with Gasteiger partial charge in [0.1, 0.15) is 0 Å². The van der Waals surface area contributed by atoms with E-state index >= 15 is 0 Å². The first-order valence-electron chi connectivity index (χ1n) is 2.85. The van der Waals surface area contributed by atoms with Gasteiger partial charge in [-0.2, -0.15) is 0 Å². The molecule has 0 aliphatic carbocycles. The summed E-state index contributed by atoms with van der Waals surface area (Å²) in [5.74, 6) is 0. The Balaban J connectivity index is 3.62. The quantitative estimate of drug-likeness (QED) is 0.565. The maximum Gasteiger partial charge on any atom is 0.0708 e. The van der Waals surface area contributed by atoms with Crippen LogP contribution in [0.25, 0.3) is 0 Å². The van der Waals surface area contributed by atoms with Gasteiger partial charge < -0.3 is 5.11 Å². The molecule has 0 bridgehead atoms. The van der Waals surface area contributed by atoms with Crippen LogP contribution in [0, 0.1) is 0 Å². The highest BCUT2D eigenvalue weighted by molar-refractivity contribution is 14.1. The molecule has 8 heavy (non-hydrogen) atoms. The fourth-order valence-electron chi connectivity index (χ4n) is 0.500. The highest BCUT2D eigenvalue weighted by Gasteiger charge is 2.21. The predicted octanol–water partition coefficient (Wildman–Crippen LogP) is 1.97. The predicted molar refractivity (Wildman–Crippen MR) is 44.4 cm³/mol. The molecule has 0 spiro atoms. The van der Waals surface area contributed by atoms with Gasteiger partial charge >= 0.3 is 0 Å². The zero-order valence-corrected chi connectivity index (χ0v) is 7.77. The summed E-state index contributed by atoms with van der Waals surface area (Å²) in [5.41, 5.74) is -0.505. The van der Waals surface area contributed by atoms with Gasteiger partial charge in [0.15, 0.2) is 0 Å². The van der Waals surface area contributed by atoms with Gasteiger partial charge in [-0.25, -0.2) is 0 Å². The molecule has 1 nitrogen and oxygen atoms in total. The topological polar surface area (TPSA) is 20.2 Å². The smallest absolute Gasteiger partial charge is 0.0708 e. The van der Waals surface area contributed by atoms with E-state index in [1.807, 2.05) is 13.8 Å². The van der Waals surface area contributed by atoms with Crippen molar-refractivity contribution in [2.75, 3.05) is 0 Å². The standard InChI is InChI=1S/C6H13IO/c1-4-5(7)6(2,3)8/h5,8H,4H2,1-3H3. The van der Waals surface area contributed by atoms with E-state index in [2.05, 4.69) is 29.5 Å². The molecule has 1 atom stereocenters. The molecule has 0 fully saturated rings. The van der Waals surface area contributed by atoms with Crippen LogP contribution in [0.5, 0.6) is 0 Å². The van der Waals surface area contributed by atoms with Crippen LogP contribution in [0.4, 0.5) is 0 Å². The van der Waals surface area contributed by atoms with E-state index in [1.165, 1.54) is 0 Å². The number of hydrogen-bond acceptors (Lipinski definition) is 1. The molecule has 0 heterocycles. The molecule has 2 heteroatoms. The molecule has 0 saturated carbocycles. The van der Waals surface area contributed by atoms with Crippen molar-refractivity contribution in [2.24, 2.45) is 0 Å². The minimum absolute atomic E-state index is 0.375. The lowest BCUT2D eigenvalue weighted by atomic mass is 10.0. The average Bonchev–Trinajstić information content (AvgIpc) is 1.62. The van der Waals surface area contributed by atoms with Gasteiger partial charge in [0.05, 0.1) is 5.60 Å². The SMILES string of the molecule is CCC(I)C(C)(C)O. The number of halogens is 1. The first kappa shape index (κ1) is 8.69. The van der Waals surface area contributed by atoms with E-state index in [0.717, 1.165) is 6.42 Å². The summed E-state index contributed by atoms with van der Waals surface area (Å²) in [7, 11) is 0. The third-order valence-corrected chi connectivity index (χ3v) is 3.53. The largest absolute Gasteiger partial charge is 0.389 e. The highest BCUT2D eigenvalue weighted by atomic mass is 127. The van der Waals surface area contributed by atoms with Gasteiger partial charge in [0, 0.05) is 3.92 Å². The van der Waals surface area contributed by atoms with E-state index in [1.54, 1.807) is 0 Å². The number of alkyl halides is 1. The second-order valence-corrected chi connectivity index (χ2v) is 4.03. The van der Waals surface area contributed by atoms with Crippen LogP contribution in [-0.4, -0.2) is 14.6 Å². The van der Waals surface area contributed by atoms with Crippen LogP contribution in [-0.2, 0) is 0 Å². The van der Waals surface area contributed by atoms with E-state index < -0.39 is 5.60 Å². The Morgan fingerprint density at radius 2 is 2.00 bits per heavy atom. The summed E-state index contributed by atoms with van der Waals surface area (Å²) >= 11 is 2.26. The normalized spacial score (nSPS) is 16.1. The Morgan fingerprint density at radius 1 is 1.62 bits per heavy atom. The van der Waals surface area contributed by atoms with E-state index in [9.17, 15) is 5.11 Å². The summed E-state index contributed by atoms with van der Waals surface area (Å²) < 4.78 is 0.375. The van der Waals surface area contributed by atoms with E-state index in [4.69, 9.17) is 0 Å². The summed E-state index contributed by atoms with van der Waals surface area (Å²) in [6.07, 6.45) is 1.03. The molecule has 0 aromatic rings. The first-order chi connectivity index (χ1) is 3.48. The molecular formula is C6H13IO. The number of hydrogen-bond donors (Lipinski definition) is 1. The maximum atomic E-state index is 9.28. The van der Waals surface area contributed by atoms with Gasteiger partial charge in [-0.1, -0.05) is 29.5 Å². The lowest BCUT2D eigenvalue weighted by Crippen LogP contribution is -2.30. The van der Waals surface area contributed by atoms with E-state index in [0.29, 0.717) is 3.92 Å². The zero-order chi connectivity index (χ0) is 6.78. The molecule has 0 aliphatic rings. The summed E-state index contributed by atoms with van der Waals surface area (Å²) in [4.78, 5) is 0. The molecule has 0 aliphatic heterocycles. The minimum atomic E-state index is -0.505. The lowest BCUT2D eigenvalue weighted by molar-refractivity contribution is 0.0815. The van der Waals surface area contributed by atoms with Crippen molar-refractivity contribution in [2.45, 2.75) is 36.7 Å². The van der Waals surface area contributed by atoms with Crippen molar-refractivity contribution in [3.63, 3.8) is 0 Å². The van der Waals surface area contributed by atoms with Crippen molar-refractivity contribution in [3.8, 4) is 0 Å². The summed E-state index contributed by atoms with van der Waals surface area (Å²) in [6.45, 7) is 5.76. The Hall–Kier alpha value is 0.690. The average molecular weight is 228 g/mol. The molecule has 0 radical (unpaired) electrons. The molecule has 50 valence electrons. The molecule has 1 unspecified atom stereocenters. The summed E-state index contributed by atoms with van der Waals surface area (Å²) in [5, 5.41) is 9.28. The van der Waals surface area contributed by atoms with Gasteiger partial charge in [-0.3, -0.25) is 0 Å². The fraction of sp³-hybridized carbons (Fsp3) is 1.00. The van der Waals surface area contributed by atoms with Crippen LogP contribution in [0.2, 0.25) is 0 Å². The molecule has 0 saturated heterocycles. The van der Waals surface area contributed by atoms with Gasteiger partial charge in [0.25, 0.3) is 0 Å². The van der Waals surface area contributed by atoms with Crippen LogP contribution < -0.4 is 0 Å². The second kappa shape index (κ2) is 3.01. The van der Waals surface area contributed by atoms with Crippen molar-refractivity contribution in [1.29, 1.82) is 0 Å². The molecule has 0 aromatic heterocycles. The zero-order valence-electron chi connectivity index (χ0n) is 5.61. The highest BCUT2D eigenvalue weighted by Crippen LogP contribution is 2.19. The summed E-state index contributed by atoms with van der Waals surface area (Å²) in [6, 6.07) is 0. The van der Waals surface area contributed by atoms with Crippen LogP contribution in [0.15, 0.2) is 0 Å². The van der Waals surface area contributed by atoms with Crippen molar-refractivity contribution in [3.05, 3.63) is 0 Å². The van der Waals surface area contributed by atoms with Crippen molar-refractivity contribution in [1.82, 2.24) is 0 Å². The maximum absolute atomic E-state index is 9.28. The monoisotopic (exact) mass is 228 g/mol. The third kappa shape index (κ3) is 2.87. The number of rotatable bonds is 2. The fourth-order valence-corrected chi connectivity index (χ4v) is 0.500. The second-order valence-electron chi connectivity index (χ2n) is 2.53. The molecule has 0 aromatic carbocycles. The van der Waals surface area contributed by atoms with Crippen LogP contribution >= 0.6 is 22.6 Å². The van der Waals surface area contributed by atoms with Crippen LogP contribution in [0.3, 0.4) is 0 Å². The Kier molecular flexibility index (Phi) is 3.27. The Morgan fingerprint density at radius 3 is 2.00 bits per heavy atom. The molecule has 1 N–H and O–H groups in total. The molecule has 0 amide bonds. The van der Waals surface area contributed by atoms with Crippen molar-refractivity contribution < 1.29 is 5.11 Å². The van der Waals surface area contributed by atoms with Crippen LogP contribution in [0.1, 0.15) is 27.2 Å².